The lowest BCUT2D eigenvalue weighted by atomic mass is 10.3. The third-order valence-corrected chi connectivity index (χ3v) is 4.30. The number of fused-ring (bicyclic) bond motifs is 1. The Bertz CT molecular complexity index is 763. The number of hydrogen-bond acceptors (Lipinski definition) is 4. The van der Waals surface area contributed by atoms with Gasteiger partial charge >= 0.3 is 0 Å². The van der Waals surface area contributed by atoms with Crippen LogP contribution >= 0.6 is 0 Å². The fourth-order valence-corrected chi connectivity index (χ4v) is 3.03. The third kappa shape index (κ3) is 5.29. The van der Waals surface area contributed by atoms with Gasteiger partial charge in [0, 0.05) is 25.8 Å². The summed E-state index contributed by atoms with van der Waals surface area (Å²) in [6.07, 6.45) is 4.41. The summed E-state index contributed by atoms with van der Waals surface area (Å²) in [5, 5.41) is 2.91. The van der Waals surface area contributed by atoms with Crippen molar-refractivity contribution in [1.82, 2.24) is 24.5 Å². The van der Waals surface area contributed by atoms with Crippen molar-refractivity contribution in [1.29, 1.82) is 0 Å². The highest BCUT2D eigenvalue weighted by Crippen LogP contribution is 2.15. The maximum absolute atomic E-state index is 13.0. The van der Waals surface area contributed by atoms with E-state index in [1.165, 1.54) is 0 Å². The second-order valence-corrected chi connectivity index (χ2v) is 6.94. The van der Waals surface area contributed by atoms with Crippen LogP contribution in [0.1, 0.15) is 54.2 Å². The number of amides is 2. The lowest BCUT2D eigenvalue weighted by Crippen LogP contribution is -2.34. The first kappa shape index (κ1) is 20.9. The van der Waals surface area contributed by atoms with Crippen molar-refractivity contribution in [2.45, 2.75) is 33.1 Å². The molecule has 0 aliphatic rings. The molecular formula is C20H31N5O2. The monoisotopic (exact) mass is 373 g/mol. The van der Waals surface area contributed by atoms with Crippen molar-refractivity contribution in [2.24, 2.45) is 0 Å². The van der Waals surface area contributed by atoms with Crippen LogP contribution in [0.4, 0.5) is 0 Å². The summed E-state index contributed by atoms with van der Waals surface area (Å²) < 4.78 is 1.72. The van der Waals surface area contributed by atoms with Crippen LogP contribution in [0.5, 0.6) is 0 Å². The molecule has 0 aliphatic heterocycles. The molecule has 1 N–H and O–H groups in total. The summed E-state index contributed by atoms with van der Waals surface area (Å²) in [6, 6.07) is 5.51. The van der Waals surface area contributed by atoms with Crippen LogP contribution < -0.4 is 5.32 Å². The Hall–Kier alpha value is -2.41. The Balaban J connectivity index is 2.26. The highest BCUT2D eigenvalue weighted by molar-refractivity contribution is 6.02. The van der Waals surface area contributed by atoms with E-state index in [2.05, 4.69) is 15.2 Å². The Labute approximate surface area is 161 Å². The Morgan fingerprint density at radius 1 is 1.11 bits per heavy atom. The Morgan fingerprint density at radius 2 is 1.81 bits per heavy atom. The molecule has 0 fully saturated rings. The van der Waals surface area contributed by atoms with Crippen molar-refractivity contribution in [3.05, 3.63) is 35.9 Å². The second-order valence-electron chi connectivity index (χ2n) is 6.94. The minimum Gasteiger partial charge on any atom is -0.351 e. The van der Waals surface area contributed by atoms with Crippen LogP contribution in [0.3, 0.4) is 0 Å². The number of pyridine rings is 1. The van der Waals surface area contributed by atoms with Gasteiger partial charge in [-0.05, 0) is 52.0 Å². The summed E-state index contributed by atoms with van der Waals surface area (Å²) in [7, 11) is 4.00. The van der Waals surface area contributed by atoms with Crippen LogP contribution in [0.25, 0.3) is 5.52 Å². The van der Waals surface area contributed by atoms with Gasteiger partial charge in [0.05, 0.1) is 5.52 Å². The highest BCUT2D eigenvalue weighted by atomic mass is 16.2. The molecule has 0 radical (unpaired) electrons. The van der Waals surface area contributed by atoms with E-state index in [1.54, 1.807) is 15.5 Å². The minimum absolute atomic E-state index is 0.133. The van der Waals surface area contributed by atoms with Gasteiger partial charge in [0.1, 0.15) is 0 Å². The molecule has 7 nitrogen and oxygen atoms in total. The molecule has 148 valence electrons. The number of hydrogen-bond donors (Lipinski definition) is 1. The van der Waals surface area contributed by atoms with Crippen molar-refractivity contribution < 1.29 is 9.59 Å². The van der Waals surface area contributed by atoms with Crippen LogP contribution in [-0.4, -0.2) is 71.3 Å². The summed E-state index contributed by atoms with van der Waals surface area (Å²) in [5.74, 6) is -0.0773. The average Bonchev–Trinajstić information content (AvgIpc) is 3.04. The van der Waals surface area contributed by atoms with Gasteiger partial charge in [0.15, 0.2) is 5.69 Å². The maximum Gasteiger partial charge on any atom is 0.290 e. The van der Waals surface area contributed by atoms with Crippen molar-refractivity contribution >= 4 is 17.3 Å². The van der Waals surface area contributed by atoms with E-state index >= 15 is 0 Å². The predicted molar refractivity (Wildman–Crippen MR) is 107 cm³/mol. The van der Waals surface area contributed by atoms with E-state index < -0.39 is 0 Å². The molecule has 0 saturated heterocycles. The fourth-order valence-electron chi connectivity index (χ4n) is 3.03. The maximum atomic E-state index is 13.0. The molecule has 0 saturated carbocycles. The Morgan fingerprint density at radius 3 is 2.44 bits per heavy atom. The zero-order valence-electron chi connectivity index (χ0n) is 16.9. The van der Waals surface area contributed by atoms with E-state index in [0.29, 0.717) is 36.7 Å². The summed E-state index contributed by atoms with van der Waals surface area (Å²) in [5.41, 5.74) is 0.954. The first-order valence-corrected chi connectivity index (χ1v) is 9.68. The third-order valence-electron chi connectivity index (χ3n) is 4.30. The zero-order chi connectivity index (χ0) is 19.8. The lowest BCUT2D eigenvalue weighted by molar-refractivity contribution is 0.0742. The van der Waals surface area contributed by atoms with Gasteiger partial charge < -0.3 is 15.1 Å². The standard InChI is InChI=1S/C20H31N5O2/c1-5-12-24(13-6-2)20(27)18-22-17(16-10-7-8-15-25(16)18)19(26)21-11-9-14-23(3)4/h7-8,10,15H,5-6,9,11-14H2,1-4H3,(H,21,26). The molecule has 2 heterocycles. The van der Waals surface area contributed by atoms with E-state index in [-0.39, 0.29) is 11.8 Å². The molecule has 0 unspecified atom stereocenters. The van der Waals surface area contributed by atoms with Gasteiger partial charge in [0.2, 0.25) is 5.82 Å². The largest absolute Gasteiger partial charge is 0.351 e. The van der Waals surface area contributed by atoms with Gasteiger partial charge in [-0.25, -0.2) is 4.98 Å². The number of rotatable bonds is 10. The normalized spacial score (nSPS) is 11.1. The summed E-state index contributed by atoms with van der Waals surface area (Å²) in [4.78, 5) is 34.0. The van der Waals surface area contributed by atoms with Crippen LogP contribution in [0.2, 0.25) is 0 Å². The summed E-state index contributed by atoms with van der Waals surface area (Å²) >= 11 is 0. The van der Waals surface area contributed by atoms with Crippen LogP contribution in [0, 0.1) is 0 Å². The van der Waals surface area contributed by atoms with E-state index in [1.807, 2.05) is 46.1 Å². The first-order valence-electron chi connectivity index (χ1n) is 9.68. The highest BCUT2D eigenvalue weighted by Gasteiger charge is 2.24. The molecule has 2 rings (SSSR count). The number of imidazole rings is 1. The number of carbonyl (C=O) groups excluding carboxylic acids is 2. The molecule has 2 amide bonds. The number of nitrogens with one attached hydrogen (secondary N) is 1. The molecule has 0 aliphatic carbocycles. The quantitative estimate of drug-likeness (QED) is 0.649. The topological polar surface area (TPSA) is 70.0 Å². The van der Waals surface area contributed by atoms with E-state index in [0.717, 1.165) is 25.8 Å². The van der Waals surface area contributed by atoms with E-state index in [4.69, 9.17) is 0 Å². The molecule has 0 bridgehead atoms. The fraction of sp³-hybridized carbons (Fsp3) is 0.550. The summed E-state index contributed by atoms with van der Waals surface area (Å²) in [6.45, 7) is 6.93. The molecule has 2 aromatic rings. The zero-order valence-corrected chi connectivity index (χ0v) is 16.9. The van der Waals surface area contributed by atoms with Gasteiger partial charge in [0.25, 0.3) is 11.8 Å². The molecular weight excluding hydrogens is 342 g/mol. The molecule has 0 atom stereocenters. The van der Waals surface area contributed by atoms with Gasteiger partial charge in [-0.2, -0.15) is 0 Å². The first-order chi connectivity index (χ1) is 13.0. The van der Waals surface area contributed by atoms with Crippen LogP contribution in [-0.2, 0) is 0 Å². The average molecular weight is 374 g/mol. The van der Waals surface area contributed by atoms with Crippen LogP contribution in [0.15, 0.2) is 24.4 Å². The number of aromatic nitrogens is 2. The van der Waals surface area contributed by atoms with Crippen molar-refractivity contribution in [3.63, 3.8) is 0 Å². The molecule has 2 aromatic heterocycles. The smallest absolute Gasteiger partial charge is 0.290 e. The Kier molecular flexibility index (Phi) is 7.79. The SMILES string of the molecule is CCCN(CCC)C(=O)c1nc(C(=O)NCCCN(C)C)c2ccccn12. The van der Waals surface area contributed by atoms with E-state index in [9.17, 15) is 9.59 Å². The molecule has 27 heavy (non-hydrogen) atoms. The molecule has 0 spiro atoms. The number of nitrogens with zero attached hydrogens (tertiary/aromatic N) is 4. The molecule has 7 heteroatoms. The van der Waals surface area contributed by atoms with Crippen molar-refractivity contribution in [3.8, 4) is 0 Å². The number of carbonyl (C=O) groups is 2. The molecule has 0 aromatic carbocycles. The predicted octanol–water partition coefficient (Wildman–Crippen LogP) is 2.28. The van der Waals surface area contributed by atoms with Gasteiger partial charge in [-0.3, -0.25) is 14.0 Å². The lowest BCUT2D eigenvalue weighted by Gasteiger charge is -2.20. The van der Waals surface area contributed by atoms with Gasteiger partial charge in [-0.15, -0.1) is 0 Å². The van der Waals surface area contributed by atoms with Crippen molar-refractivity contribution in [2.75, 3.05) is 40.3 Å². The van der Waals surface area contributed by atoms with Gasteiger partial charge in [-0.1, -0.05) is 19.9 Å². The second kappa shape index (κ2) is 10.1. The minimum atomic E-state index is -0.242.